The van der Waals surface area contributed by atoms with E-state index in [0.29, 0.717) is 28.4 Å². The third-order valence-corrected chi connectivity index (χ3v) is 4.59. The van der Waals surface area contributed by atoms with Crippen LogP contribution in [0.25, 0.3) is 6.08 Å². The number of benzene rings is 2. The molecule has 0 amide bonds. The maximum absolute atomic E-state index is 12.5. The third kappa shape index (κ3) is 5.38. The summed E-state index contributed by atoms with van der Waals surface area (Å²) in [4.78, 5) is 24.7. The summed E-state index contributed by atoms with van der Waals surface area (Å²) in [6, 6.07) is 8.76. The molecule has 0 bridgehead atoms. The molecular weight excluding hydrogens is 372 g/mol. The van der Waals surface area contributed by atoms with Gasteiger partial charge in [-0.2, -0.15) is 0 Å². The van der Waals surface area contributed by atoms with Gasteiger partial charge in [-0.1, -0.05) is 12.1 Å². The van der Waals surface area contributed by atoms with Gasteiger partial charge in [-0.25, -0.2) is 4.79 Å². The largest absolute Gasteiger partial charge is 0.496 e. The smallest absolute Gasteiger partial charge is 0.331 e. The lowest BCUT2D eigenvalue weighted by molar-refractivity contribution is -0.140. The van der Waals surface area contributed by atoms with Crippen LogP contribution in [0.15, 0.2) is 36.4 Å². The van der Waals surface area contributed by atoms with Crippen molar-refractivity contribution < 1.29 is 28.5 Å². The zero-order chi connectivity index (χ0) is 21.6. The normalized spacial score (nSPS) is 11.8. The quantitative estimate of drug-likeness (QED) is 0.378. The Morgan fingerprint density at radius 1 is 0.862 bits per heavy atom. The van der Waals surface area contributed by atoms with E-state index >= 15 is 0 Å². The molecule has 2 aromatic carbocycles. The molecule has 1 unspecified atom stereocenters. The Morgan fingerprint density at radius 2 is 1.48 bits per heavy atom. The second-order valence-corrected chi connectivity index (χ2v) is 6.52. The zero-order valence-corrected chi connectivity index (χ0v) is 17.6. The average Bonchev–Trinajstić information content (AvgIpc) is 2.72. The van der Waals surface area contributed by atoms with Gasteiger partial charge in [-0.05, 0) is 50.1 Å². The molecule has 6 nitrogen and oxygen atoms in total. The fourth-order valence-corrected chi connectivity index (χ4v) is 2.74. The van der Waals surface area contributed by atoms with Crippen molar-refractivity contribution in [2.75, 3.05) is 21.3 Å². The number of rotatable bonds is 8. The molecule has 29 heavy (non-hydrogen) atoms. The number of ether oxygens (including phenoxy) is 4. The van der Waals surface area contributed by atoms with Gasteiger partial charge in [0.15, 0.2) is 17.6 Å². The van der Waals surface area contributed by atoms with E-state index in [1.807, 2.05) is 19.9 Å². The maximum atomic E-state index is 12.5. The van der Waals surface area contributed by atoms with E-state index in [1.54, 1.807) is 31.2 Å². The van der Waals surface area contributed by atoms with Crippen LogP contribution >= 0.6 is 0 Å². The first-order chi connectivity index (χ1) is 13.8. The number of Topliss-reactive ketones (excluding diaryl/α,β-unsaturated/α-hetero) is 1. The first-order valence-corrected chi connectivity index (χ1v) is 9.10. The molecular formula is C23H26O6. The summed E-state index contributed by atoms with van der Waals surface area (Å²) < 4.78 is 21.1. The second kappa shape index (κ2) is 9.78. The number of esters is 1. The van der Waals surface area contributed by atoms with Gasteiger partial charge < -0.3 is 18.9 Å². The Kier molecular flexibility index (Phi) is 7.42. The molecule has 1 atom stereocenters. The number of aryl methyl sites for hydroxylation is 2. The van der Waals surface area contributed by atoms with Crippen molar-refractivity contribution >= 4 is 17.8 Å². The van der Waals surface area contributed by atoms with Crippen LogP contribution in [0, 0.1) is 13.8 Å². The number of methoxy groups -OCH3 is 3. The van der Waals surface area contributed by atoms with Crippen LogP contribution in [0.2, 0.25) is 0 Å². The second-order valence-electron chi connectivity index (χ2n) is 6.52. The van der Waals surface area contributed by atoms with Crippen molar-refractivity contribution in [2.24, 2.45) is 0 Å². The number of carbonyl (C=O) groups is 2. The lowest BCUT2D eigenvalue weighted by Gasteiger charge is -2.13. The maximum Gasteiger partial charge on any atom is 0.331 e. The monoisotopic (exact) mass is 398 g/mol. The van der Waals surface area contributed by atoms with Crippen molar-refractivity contribution in [2.45, 2.75) is 26.9 Å². The Bertz CT molecular complexity index is 929. The molecule has 0 N–H and O–H groups in total. The van der Waals surface area contributed by atoms with Crippen molar-refractivity contribution in [3.05, 3.63) is 58.7 Å². The fourth-order valence-electron chi connectivity index (χ4n) is 2.74. The lowest BCUT2D eigenvalue weighted by atomic mass is 10.0. The predicted molar refractivity (Wildman–Crippen MR) is 111 cm³/mol. The molecule has 6 heteroatoms. The van der Waals surface area contributed by atoms with Crippen LogP contribution in [0.5, 0.6) is 17.2 Å². The van der Waals surface area contributed by atoms with Crippen LogP contribution < -0.4 is 14.2 Å². The van der Waals surface area contributed by atoms with E-state index in [9.17, 15) is 9.59 Å². The fraction of sp³-hybridized carbons (Fsp3) is 0.304. The summed E-state index contributed by atoms with van der Waals surface area (Å²) >= 11 is 0. The van der Waals surface area contributed by atoms with E-state index < -0.39 is 12.1 Å². The summed E-state index contributed by atoms with van der Waals surface area (Å²) in [5, 5.41) is 0. The number of hydrogen-bond donors (Lipinski definition) is 0. The zero-order valence-electron chi connectivity index (χ0n) is 17.6. The summed E-state index contributed by atoms with van der Waals surface area (Å²) in [5.41, 5.74) is 3.22. The van der Waals surface area contributed by atoms with Gasteiger partial charge in [-0.15, -0.1) is 0 Å². The van der Waals surface area contributed by atoms with Gasteiger partial charge in [0, 0.05) is 23.3 Å². The molecule has 154 valence electrons. The van der Waals surface area contributed by atoms with Gasteiger partial charge >= 0.3 is 5.97 Å². The molecule has 0 saturated heterocycles. The molecule has 0 fully saturated rings. The minimum Gasteiger partial charge on any atom is -0.496 e. The van der Waals surface area contributed by atoms with E-state index in [0.717, 1.165) is 11.1 Å². The Hall–Kier alpha value is -3.28. The van der Waals surface area contributed by atoms with E-state index in [4.69, 9.17) is 18.9 Å². The molecule has 2 rings (SSSR count). The van der Waals surface area contributed by atoms with Gasteiger partial charge in [0.1, 0.15) is 5.75 Å². The summed E-state index contributed by atoms with van der Waals surface area (Å²) in [5.74, 6) is 0.632. The van der Waals surface area contributed by atoms with Crippen LogP contribution in [0.1, 0.15) is 34.0 Å². The van der Waals surface area contributed by atoms with E-state index in [2.05, 4.69) is 0 Å². The molecule has 2 aromatic rings. The van der Waals surface area contributed by atoms with Crippen molar-refractivity contribution in [1.29, 1.82) is 0 Å². The topological polar surface area (TPSA) is 71.1 Å². The standard InChI is InChI=1S/C23H26O6/c1-14-7-8-18(11-15(14)2)23(25)16(3)29-22(24)10-9-17-12-20(27-5)21(28-6)13-19(17)26-4/h7-13,16H,1-6H3/b10-9+. The number of carbonyl (C=O) groups excluding carboxylic acids is 2. The van der Waals surface area contributed by atoms with Crippen LogP contribution in [0.3, 0.4) is 0 Å². The van der Waals surface area contributed by atoms with Crippen molar-refractivity contribution in [3.63, 3.8) is 0 Å². The molecule has 0 saturated carbocycles. The average molecular weight is 398 g/mol. The minimum atomic E-state index is -0.901. The molecule has 0 spiro atoms. The molecule has 0 aliphatic heterocycles. The molecule has 0 radical (unpaired) electrons. The van der Waals surface area contributed by atoms with Crippen molar-refractivity contribution in [1.82, 2.24) is 0 Å². The summed E-state index contributed by atoms with van der Waals surface area (Å²) in [6.45, 7) is 5.46. The van der Waals surface area contributed by atoms with Gasteiger partial charge in [0.25, 0.3) is 0 Å². The predicted octanol–water partition coefficient (Wildman–Crippen LogP) is 4.16. The third-order valence-electron chi connectivity index (χ3n) is 4.59. The summed E-state index contributed by atoms with van der Waals surface area (Å²) in [7, 11) is 4.56. The highest BCUT2D eigenvalue weighted by molar-refractivity contribution is 6.01. The molecule has 0 aliphatic carbocycles. The highest BCUT2D eigenvalue weighted by atomic mass is 16.5. The highest BCUT2D eigenvalue weighted by Gasteiger charge is 2.19. The number of ketones is 1. The Morgan fingerprint density at radius 3 is 2.07 bits per heavy atom. The van der Waals surface area contributed by atoms with E-state index in [-0.39, 0.29) is 5.78 Å². The highest BCUT2D eigenvalue weighted by Crippen LogP contribution is 2.35. The molecule has 0 heterocycles. The Balaban J connectivity index is 2.12. The van der Waals surface area contributed by atoms with Gasteiger partial charge in [0.2, 0.25) is 5.78 Å². The SMILES string of the molecule is COc1cc(OC)c(OC)cc1/C=C/C(=O)OC(C)C(=O)c1ccc(C)c(C)c1. The van der Waals surface area contributed by atoms with Crippen LogP contribution in [0.4, 0.5) is 0 Å². The van der Waals surface area contributed by atoms with Crippen molar-refractivity contribution in [3.8, 4) is 17.2 Å². The number of hydrogen-bond acceptors (Lipinski definition) is 6. The van der Waals surface area contributed by atoms with Gasteiger partial charge in [-0.3, -0.25) is 4.79 Å². The minimum absolute atomic E-state index is 0.251. The Labute approximate surface area is 171 Å². The first-order valence-electron chi connectivity index (χ1n) is 9.10. The first kappa shape index (κ1) is 22.0. The lowest BCUT2D eigenvalue weighted by Crippen LogP contribution is -2.23. The van der Waals surface area contributed by atoms with E-state index in [1.165, 1.54) is 33.5 Å². The van der Waals surface area contributed by atoms with Gasteiger partial charge in [0.05, 0.1) is 21.3 Å². The molecule has 0 aliphatic rings. The summed E-state index contributed by atoms with van der Waals surface area (Å²) in [6.07, 6.45) is 1.88. The molecule has 0 aromatic heterocycles. The van der Waals surface area contributed by atoms with Crippen LogP contribution in [-0.4, -0.2) is 39.2 Å². The van der Waals surface area contributed by atoms with Crippen LogP contribution in [-0.2, 0) is 9.53 Å².